The zero-order chi connectivity index (χ0) is 48.1. The average Bonchev–Trinajstić information content (AvgIpc) is 3.32. The Bertz CT molecular complexity index is 1190. The molecule has 0 bridgehead atoms. The molecule has 10 heteroatoms. The molecule has 1 aliphatic rings. The van der Waals surface area contributed by atoms with Crippen LogP contribution in [0.15, 0.2) is 48.6 Å². The topological polar surface area (TPSA) is 169 Å². The molecule has 66 heavy (non-hydrogen) atoms. The molecule has 1 aliphatic heterocycles. The van der Waals surface area contributed by atoms with Gasteiger partial charge in [-0.05, 0) is 64.2 Å². The fourth-order valence-corrected chi connectivity index (χ4v) is 8.47. The van der Waals surface area contributed by atoms with Crippen LogP contribution in [-0.4, -0.2) is 98.7 Å². The fourth-order valence-electron chi connectivity index (χ4n) is 8.47. The van der Waals surface area contributed by atoms with Gasteiger partial charge in [0.15, 0.2) is 6.29 Å². The summed E-state index contributed by atoms with van der Waals surface area (Å²) in [5.74, 6) is -0.631. The molecule has 1 fully saturated rings. The summed E-state index contributed by atoms with van der Waals surface area (Å²) < 4.78 is 11.1. The summed E-state index contributed by atoms with van der Waals surface area (Å²) in [6.07, 6.45) is 49.5. The predicted molar refractivity (Wildman–Crippen MR) is 273 cm³/mol. The molecule has 0 aromatic carbocycles. The molecule has 7 N–H and O–H groups in total. The lowest BCUT2D eigenvalue weighted by atomic mass is 9.99. The second-order valence-corrected chi connectivity index (χ2v) is 19.1. The van der Waals surface area contributed by atoms with Crippen LogP contribution >= 0.6 is 0 Å². The smallest absolute Gasteiger partial charge is 0.249 e. The minimum absolute atomic E-state index is 0.300. The van der Waals surface area contributed by atoms with E-state index in [1.165, 1.54) is 161 Å². The lowest BCUT2D eigenvalue weighted by Crippen LogP contribution is -2.60. The average molecular weight is 934 g/mol. The quantitative estimate of drug-likeness (QED) is 0.0232. The van der Waals surface area contributed by atoms with Crippen LogP contribution in [-0.2, 0) is 14.3 Å². The largest absolute Gasteiger partial charge is 0.394 e. The van der Waals surface area contributed by atoms with Gasteiger partial charge >= 0.3 is 0 Å². The van der Waals surface area contributed by atoms with Gasteiger partial charge in [-0.2, -0.15) is 0 Å². The van der Waals surface area contributed by atoms with Gasteiger partial charge in [-0.25, -0.2) is 0 Å². The number of amides is 1. The lowest BCUT2D eigenvalue weighted by molar-refractivity contribution is -0.302. The third-order valence-electron chi connectivity index (χ3n) is 13.0. The summed E-state index contributed by atoms with van der Waals surface area (Å²) in [6.45, 7) is 3.55. The Hall–Kier alpha value is -1.89. The van der Waals surface area contributed by atoms with E-state index in [0.717, 1.165) is 44.9 Å². The van der Waals surface area contributed by atoms with Gasteiger partial charge in [0, 0.05) is 0 Å². The number of rotatable bonds is 46. The Morgan fingerprint density at radius 1 is 0.515 bits per heavy atom. The maximum atomic E-state index is 13.1. The van der Waals surface area contributed by atoms with Crippen molar-refractivity contribution < 1.29 is 44.9 Å². The van der Waals surface area contributed by atoms with Gasteiger partial charge in [0.1, 0.15) is 30.5 Å². The lowest BCUT2D eigenvalue weighted by Gasteiger charge is -2.40. The number of ether oxygens (including phenoxy) is 2. The Morgan fingerprint density at radius 2 is 0.909 bits per heavy atom. The normalized spacial score (nSPS) is 20.6. The molecule has 0 radical (unpaired) electrons. The Labute approximate surface area is 404 Å². The van der Waals surface area contributed by atoms with Crippen LogP contribution in [0, 0.1) is 0 Å². The van der Waals surface area contributed by atoms with E-state index in [2.05, 4.69) is 55.6 Å². The van der Waals surface area contributed by atoms with Crippen LogP contribution in [0.1, 0.15) is 239 Å². The van der Waals surface area contributed by atoms with Gasteiger partial charge in [0.25, 0.3) is 0 Å². The first-order valence-electron chi connectivity index (χ1n) is 27.5. The Kier molecular flexibility index (Phi) is 42.9. The van der Waals surface area contributed by atoms with Crippen molar-refractivity contribution in [2.45, 2.75) is 288 Å². The van der Waals surface area contributed by atoms with Crippen LogP contribution in [0.25, 0.3) is 0 Å². The number of hydrogen-bond acceptors (Lipinski definition) is 9. The van der Waals surface area contributed by atoms with Crippen molar-refractivity contribution in [1.82, 2.24) is 5.32 Å². The summed E-state index contributed by atoms with van der Waals surface area (Å²) in [7, 11) is 0. The van der Waals surface area contributed by atoms with Crippen molar-refractivity contribution in [3.05, 3.63) is 48.6 Å². The van der Waals surface area contributed by atoms with Gasteiger partial charge in [0.2, 0.25) is 5.91 Å². The number of aliphatic hydroxyl groups is 6. The molecule has 1 heterocycles. The van der Waals surface area contributed by atoms with Crippen LogP contribution < -0.4 is 5.32 Å². The zero-order valence-corrected chi connectivity index (χ0v) is 42.3. The number of allylic oxidation sites excluding steroid dienone is 7. The molecule has 8 atom stereocenters. The second-order valence-electron chi connectivity index (χ2n) is 19.1. The minimum Gasteiger partial charge on any atom is -0.394 e. The second kappa shape index (κ2) is 45.5. The Balaban J connectivity index is 2.21. The van der Waals surface area contributed by atoms with E-state index in [4.69, 9.17) is 9.47 Å². The van der Waals surface area contributed by atoms with E-state index in [1.807, 2.05) is 6.08 Å². The van der Waals surface area contributed by atoms with E-state index in [0.29, 0.717) is 19.3 Å². The first-order chi connectivity index (χ1) is 32.3. The monoisotopic (exact) mass is 934 g/mol. The summed E-state index contributed by atoms with van der Waals surface area (Å²) >= 11 is 0. The minimum atomic E-state index is -1.62. The first kappa shape index (κ1) is 62.1. The highest BCUT2D eigenvalue weighted by molar-refractivity contribution is 5.80. The third kappa shape index (κ3) is 34.4. The molecule has 1 amide bonds. The van der Waals surface area contributed by atoms with E-state index in [1.54, 1.807) is 6.08 Å². The molecular formula is C56H103NO9. The fraction of sp³-hybridized carbons (Fsp3) is 0.839. The number of hydrogen-bond donors (Lipinski definition) is 7. The summed E-state index contributed by atoms with van der Waals surface area (Å²) in [6, 6.07) is -1.00. The maximum absolute atomic E-state index is 13.1. The van der Waals surface area contributed by atoms with Crippen LogP contribution in [0.2, 0.25) is 0 Å². The number of unbranched alkanes of at least 4 members (excludes halogenated alkanes) is 29. The molecule has 1 rings (SSSR count). The van der Waals surface area contributed by atoms with Crippen molar-refractivity contribution >= 4 is 5.91 Å². The first-order valence-corrected chi connectivity index (χ1v) is 27.5. The molecule has 1 saturated heterocycles. The van der Waals surface area contributed by atoms with Crippen molar-refractivity contribution in [3.8, 4) is 0 Å². The third-order valence-corrected chi connectivity index (χ3v) is 13.0. The molecule has 0 aliphatic carbocycles. The summed E-state index contributed by atoms with van der Waals surface area (Å²) in [5, 5.41) is 64.7. The highest BCUT2D eigenvalue weighted by atomic mass is 16.7. The van der Waals surface area contributed by atoms with E-state index in [-0.39, 0.29) is 6.61 Å². The van der Waals surface area contributed by atoms with E-state index >= 15 is 0 Å². The molecule has 10 nitrogen and oxygen atoms in total. The SMILES string of the molecule is CCCC/C=C/CC/C=C/CC/C=C/C(O)C(COC1OC(CO)C(O)C(O)C1O)NC(=O)C(O)CCCCCCCCCCCCCCC/C=C\CCCCCCCCCCCCCC. The van der Waals surface area contributed by atoms with E-state index < -0.39 is 61.5 Å². The molecule has 8 unspecified atom stereocenters. The molecule has 0 saturated carbocycles. The predicted octanol–water partition coefficient (Wildman–Crippen LogP) is 11.9. The van der Waals surface area contributed by atoms with Crippen molar-refractivity contribution in [1.29, 1.82) is 0 Å². The molecule has 0 aromatic rings. The van der Waals surface area contributed by atoms with Gasteiger partial charge in [0.05, 0.1) is 25.4 Å². The maximum Gasteiger partial charge on any atom is 0.249 e. The van der Waals surface area contributed by atoms with Crippen LogP contribution in [0.4, 0.5) is 0 Å². The van der Waals surface area contributed by atoms with Crippen LogP contribution in [0.5, 0.6) is 0 Å². The van der Waals surface area contributed by atoms with E-state index in [9.17, 15) is 35.4 Å². The van der Waals surface area contributed by atoms with Crippen LogP contribution in [0.3, 0.4) is 0 Å². The summed E-state index contributed by atoms with van der Waals surface area (Å²) in [5.41, 5.74) is 0. The Morgan fingerprint density at radius 3 is 1.36 bits per heavy atom. The molecule has 0 spiro atoms. The standard InChI is InChI=1S/C56H103NO9/c1-3-5-7-9-11-13-15-17-18-19-20-21-22-23-24-25-26-27-28-29-30-31-32-33-35-37-39-41-43-45-50(60)55(64)57-48(47-65-56-54(63)53(62)52(61)51(46-58)66-56)49(59)44-42-40-38-36-34-16-14-12-10-8-6-4-2/h10,12,23-24,34,36,42,44,48-54,56,58-63H,3-9,11,13-22,25-33,35,37-41,43,45-47H2,1-2H3,(H,57,64)/b12-10+,24-23-,36-34+,44-42+. The van der Waals surface area contributed by atoms with Crippen molar-refractivity contribution in [2.24, 2.45) is 0 Å². The number of carbonyl (C=O) groups is 1. The van der Waals surface area contributed by atoms with Gasteiger partial charge in [-0.1, -0.05) is 223 Å². The number of carbonyl (C=O) groups excluding carboxylic acids is 1. The number of aliphatic hydroxyl groups excluding tert-OH is 6. The van der Waals surface area contributed by atoms with Gasteiger partial charge in [-0.3, -0.25) is 4.79 Å². The van der Waals surface area contributed by atoms with Crippen molar-refractivity contribution in [3.63, 3.8) is 0 Å². The molecule has 386 valence electrons. The highest BCUT2D eigenvalue weighted by Crippen LogP contribution is 2.23. The van der Waals surface area contributed by atoms with Gasteiger partial charge < -0.3 is 45.4 Å². The summed E-state index contributed by atoms with van der Waals surface area (Å²) in [4.78, 5) is 13.1. The molecular weight excluding hydrogens is 831 g/mol. The van der Waals surface area contributed by atoms with Gasteiger partial charge in [-0.15, -0.1) is 0 Å². The van der Waals surface area contributed by atoms with Crippen molar-refractivity contribution in [2.75, 3.05) is 13.2 Å². The zero-order valence-electron chi connectivity index (χ0n) is 42.3. The highest BCUT2D eigenvalue weighted by Gasteiger charge is 2.44. The number of nitrogens with one attached hydrogen (secondary N) is 1. The molecule has 0 aromatic heterocycles.